The number of hydrogen-bond donors (Lipinski definition) is 0. The van der Waals surface area contributed by atoms with E-state index in [0.29, 0.717) is 24.9 Å². The van der Waals surface area contributed by atoms with Crippen molar-refractivity contribution < 1.29 is 18.4 Å². The van der Waals surface area contributed by atoms with Gasteiger partial charge in [-0.2, -0.15) is 0 Å². The molecule has 2 rings (SSSR count). The van der Waals surface area contributed by atoms with E-state index in [1.54, 1.807) is 24.8 Å². The van der Waals surface area contributed by atoms with Crippen LogP contribution in [-0.2, 0) is 18.4 Å². The lowest BCUT2D eigenvalue weighted by molar-refractivity contribution is -0.119. The fourth-order valence-electron chi connectivity index (χ4n) is 2.71. The number of nitrogens with zero attached hydrogens (tertiary/aromatic N) is 1. The van der Waals surface area contributed by atoms with Crippen LogP contribution in [0.5, 0.6) is 0 Å². The molecule has 1 heterocycles. The normalized spacial score (nSPS) is 16.1. The van der Waals surface area contributed by atoms with Gasteiger partial charge in [0.05, 0.1) is 18.5 Å². The third kappa shape index (κ3) is 3.60. The summed E-state index contributed by atoms with van der Waals surface area (Å²) in [4.78, 5) is 13.8. The van der Waals surface area contributed by atoms with Crippen LogP contribution in [0.15, 0.2) is 18.2 Å². The molecule has 0 bridgehead atoms. The smallest absolute Gasteiger partial charge is 0.312 e. The molecule has 0 atom stereocenters. The summed E-state index contributed by atoms with van der Waals surface area (Å²) in [5.41, 5.74) is 1.67. The molecule has 5 nitrogen and oxygen atoms in total. The number of amides is 1. The maximum Gasteiger partial charge on any atom is 0.361 e. The first-order valence-corrected chi connectivity index (χ1v) is 9.36. The second-order valence-corrected chi connectivity index (χ2v) is 7.30. The van der Waals surface area contributed by atoms with Gasteiger partial charge < -0.3 is 13.9 Å². The predicted octanol–water partition coefficient (Wildman–Crippen LogP) is 3.40. The van der Waals surface area contributed by atoms with E-state index in [9.17, 15) is 9.36 Å². The van der Waals surface area contributed by atoms with Gasteiger partial charge in [-0.3, -0.25) is 9.36 Å². The van der Waals surface area contributed by atoms with Crippen LogP contribution in [-0.4, -0.2) is 25.7 Å². The van der Waals surface area contributed by atoms with Crippen LogP contribution in [0.3, 0.4) is 0 Å². The molecule has 0 saturated carbocycles. The highest BCUT2D eigenvalue weighted by Gasteiger charge is 2.29. The van der Waals surface area contributed by atoms with Gasteiger partial charge in [-0.15, -0.1) is 0 Å². The van der Waals surface area contributed by atoms with Crippen LogP contribution in [0.25, 0.3) is 0 Å². The fraction of sp³-hybridized carbons (Fsp3) is 0.562. The summed E-state index contributed by atoms with van der Waals surface area (Å²) < 4.78 is 23.7. The van der Waals surface area contributed by atoms with Gasteiger partial charge >= 0.3 is 7.60 Å². The Hall–Kier alpha value is -1.16. The molecule has 1 aliphatic rings. The fourth-order valence-corrected chi connectivity index (χ4v) is 4.50. The van der Waals surface area contributed by atoms with Crippen LogP contribution in [0.2, 0.25) is 0 Å². The summed E-state index contributed by atoms with van der Waals surface area (Å²) in [6, 6.07) is 5.48. The molecule has 1 aliphatic heterocycles. The Morgan fingerprint density at radius 2 is 1.86 bits per heavy atom. The molecule has 22 heavy (non-hydrogen) atoms. The van der Waals surface area contributed by atoms with Gasteiger partial charge in [0.1, 0.15) is 0 Å². The molecule has 0 aliphatic carbocycles. The van der Waals surface area contributed by atoms with Gasteiger partial charge in [-0.25, -0.2) is 0 Å². The lowest BCUT2D eigenvalue weighted by Crippen LogP contribution is -2.35. The first-order valence-electron chi connectivity index (χ1n) is 7.82. The summed E-state index contributed by atoms with van der Waals surface area (Å²) in [5.74, 6) is 0.149. The van der Waals surface area contributed by atoms with E-state index in [4.69, 9.17) is 9.05 Å². The zero-order chi connectivity index (χ0) is 16.2. The van der Waals surface area contributed by atoms with E-state index >= 15 is 0 Å². The van der Waals surface area contributed by atoms with Crippen LogP contribution < -0.4 is 10.2 Å². The number of rotatable bonds is 6. The molecular weight excluding hydrogens is 301 g/mol. The summed E-state index contributed by atoms with van der Waals surface area (Å²) in [6.45, 7) is 6.85. The number of carbonyl (C=O) groups is 1. The van der Waals surface area contributed by atoms with Crippen molar-refractivity contribution in [2.75, 3.05) is 24.7 Å². The third-order valence-corrected chi connectivity index (χ3v) is 6.00. The topological polar surface area (TPSA) is 55.8 Å². The van der Waals surface area contributed by atoms with Gasteiger partial charge in [-0.1, -0.05) is 0 Å². The third-order valence-electron chi connectivity index (χ3n) is 3.71. The highest BCUT2D eigenvalue weighted by atomic mass is 31.2. The Bertz CT molecular complexity index is 578. The highest BCUT2D eigenvalue weighted by molar-refractivity contribution is 7.62. The molecule has 1 aromatic carbocycles. The van der Waals surface area contributed by atoms with Gasteiger partial charge in [-0.05, 0) is 57.4 Å². The van der Waals surface area contributed by atoms with E-state index in [1.165, 1.54) is 0 Å². The summed E-state index contributed by atoms with van der Waals surface area (Å²) in [5, 5.41) is 0.574. The van der Waals surface area contributed by atoms with E-state index in [1.807, 2.05) is 19.1 Å². The Labute approximate surface area is 132 Å². The molecule has 0 spiro atoms. The number of benzene rings is 1. The number of hydrogen-bond acceptors (Lipinski definition) is 4. The van der Waals surface area contributed by atoms with Crippen molar-refractivity contribution in [2.24, 2.45) is 0 Å². The van der Waals surface area contributed by atoms with Crippen LogP contribution in [0.1, 0.15) is 38.7 Å². The second kappa shape index (κ2) is 7.40. The van der Waals surface area contributed by atoms with E-state index in [2.05, 4.69) is 0 Å². The Kier molecular flexibility index (Phi) is 5.79. The standard InChI is InChI=1S/C16H24NO4P/c1-4-20-22(19,21-5-2)15-10-9-14(12-13(15)3)17-11-7-6-8-16(17)18/h9-10,12H,4-8,11H2,1-3H3. The zero-order valence-electron chi connectivity index (χ0n) is 13.5. The molecule has 0 unspecified atom stereocenters. The molecule has 0 N–H and O–H groups in total. The van der Waals surface area contributed by atoms with E-state index < -0.39 is 7.60 Å². The zero-order valence-corrected chi connectivity index (χ0v) is 14.4. The van der Waals surface area contributed by atoms with Crippen molar-refractivity contribution in [1.82, 2.24) is 0 Å². The Morgan fingerprint density at radius 1 is 1.18 bits per heavy atom. The molecular formula is C16H24NO4P. The summed E-state index contributed by atoms with van der Waals surface area (Å²) in [6.07, 6.45) is 2.57. The maximum atomic E-state index is 12.9. The van der Waals surface area contributed by atoms with Gasteiger partial charge in [0.2, 0.25) is 5.91 Å². The second-order valence-electron chi connectivity index (χ2n) is 5.31. The van der Waals surface area contributed by atoms with Crippen molar-refractivity contribution in [1.29, 1.82) is 0 Å². The summed E-state index contributed by atoms with van der Waals surface area (Å²) in [7, 11) is -3.29. The van der Waals surface area contributed by atoms with Gasteiger partial charge in [0, 0.05) is 18.7 Å². The average Bonchev–Trinajstić information content (AvgIpc) is 2.48. The van der Waals surface area contributed by atoms with Crippen LogP contribution in [0.4, 0.5) is 5.69 Å². The Balaban J connectivity index is 2.32. The van der Waals surface area contributed by atoms with Gasteiger partial charge in [0.25, 0.3) is 0 Å². The maximum absolute atomic E-state index is 12.9. The minimum atomic E-state index is -3.29. The largest absolute Gasteiger partial charge is 0.361 e. The molecule has 0 radical (unpaired) electrons. The lowest BCUT2D eigenvalue weighted by Gasteiger charge is -2.28. The van der Waals surface area contributed by atoms with Gasteiger partial charge in [0.15, 0.2) is 0 Å². The molecule has 0 aromatic heterocycles. The van der Waals surface area contributed by atoms with Crippen molar-refractivity contribution >= 4 is 24.5 Å². The SMILES string of the molecule is CCOP(=O)(OCC)c1ccc(N2CCCCC2=O)cc1C. The van der Waals surface area contributed by atoms with Crippen LogP contribution in [0, 0.1) is 6.92 Å². The number of anilines is 1. The van der Waals surface area contributed by atoms with Crippen molar-refractivity contribution in [2.45, 2.75) is 40.0 Å². The first-order chi connectivity index (χ1) is 10.5. The van der Waals surface area contributed by atoms with Crippen molar-refractivity contribution in [3.8, 4) is 0 Å². The first kappa shape index (κ1) is 17.2. The van der Waals surface area contributed by atoms with Crippen LogP contribution >= 0.6 is 7.60 Å². The Morgan fingerprint density at radius 3 is 2.41 bits per heavy atom. The molecule has 1 amide bonds. The van der Waals surface area contributed by atoms with Crippen molar-refractivity contribution in [3.05, 3.63) is 23.8 Å². The van der Waals surface area contributed by atoms with E-state index in [-0.39, 0.29) is 5.91 Å². The average molecular weight is 325 g/mol. The molecule has 1 saturated heterocycles. The molecule has 1 aromatic rings. The van der Waals surface area contributed by atoms with Crippen molar-refractivity contribution in [3.63, 3.8) is 0 Å². The molecule has 122 valence electrons. The lowest BCUT2D eigenvalue weighted by atomic mass is 10.1. The predicted molar refractivity (Wildman–Crippen MR) is 87.9 cm³/mol. The number of carbonyl (C=O) groups excluding carboxylic acids is 1. The van der Waals surface area contributed by atoms with E-state index in [0.717, 1.165) is 30.6 Å². The minimum Gasteiger partial charge on any atom is -0.312 e. The summed E-state index contributed by atoms with van der Waals surface area (Å²) >= 11 is 0. The molecule has 6 heteroatoms. The molecule has 1 fully saturated rings. The highest BCUT2D eigenvalue weighted by Crippen LogP contribution is 2.48. The number of aryl methyl sites for hydroxylation is 1. The quantitative estimate of drug-likeness (QED) is 0.752. The minimum absolute atomic E-state index is 0.149. The monoisotopic (exact) mass is 325 g/mol. The number of piperidine rings is 1.